The van der Waals surface area contributed by atoms with Gasteiger partial charge in [0.15, 0.2) is 0 Å². The van der Waals surface area contributed by atoms with Crippen molar-refractivity contribution in [2.75, 3.05) is 20.3 Å². The molecule has 0 aliphatic carbocycles. The number of carbonyl (C=O) groups excluding carboxylic acids is 2. The van der Waals surface area contributed by atoms with Crippen LogP contribution in [0.2, 0.25) is 0 Å². The van der Waals surface area contributed by atoms with Crippen LogP contribution in [-0.2, 0) is 14.3 Å². The Kier molecular flexibility index (Phi) is 5.33. The Balaban J connectivity index is 2.20. The van der Waals surface area contributed by atoms with E-state index < -0.39 is 6.04 Å². The first kappa shape index (κ1) is 15.5. The third-order valence-electron chi connectivity index (χ3n) is 3.73. The minimum absolute atomic E-state index is 0.0457. The van der Waals surface area contributed by atoms with Gasteiger partial charge in [-0.1, -0.05) is 30.3 Å². The van der Waals surface area contributed by atoms with Gasteiger partial charge in [-0.05, 0) is 18.9 Å². The van der Waals surface area contributed by atoms with E-state index in [1.54, 1.807) is 12.0 Å². The zero-order valence-electron chi connectivity index (χ0n) is 12.5. The second-order valence-electron chi connectivity index (χ2n) is 5.34. The van der Waals surface area contributed by atoms with Gasteiger partial charge in [-0.3, -0.25) is 9.59 Å². The Hall–Kier alpha value is -1.88. The number of hydrogen-bond donors (Lipinski definition) is 1. The van der Waals surface area contributed by atoms with Gasteiger partial charge in [-0.25, -0.2) is 0 Å². The zero-order valence-corrected chi connectivity index (χ0v) is 12.5. The molecule has 114 valence electrons. The lowest BCUT2D eigenvalue weighted by Crippen LogP contribution is -2.42. The van der Waals surface area contributed by atoms with Gasteiger partial charge in [0, 0.05) is 32.7 Å². The molecule has 1 saturated heterocycles. The van der Waals surface area contributed by atoms with Crippen LogP contribution in [0.25, 0.3) is 0 Å². The molecule has 2 atom stereocenters. The molecule has 5 nitrogen and oxygen atoms in total. The van der Waals surface area contributed by atoms with E-state index in [2.05, 4.69) is 5.32 Å². The van der Waals surface area contributed by atoms with Crippen LogP contribution in [0.15, 0.2) is 30.3 Å². The summed E-state index contributed by atoms with van der Waals surface area (Å²) in [4.78, 5) is 26.5. The van der Waals surface area contributed by atoms with Crippen LogP contribution in [0.4, 0.5) is 0 Å². The van der Waals surface area contributed by atoms with Crippen LogP contribution >= 0.6 is 0 Å². The molecule has 1 aromatic carbocycles. The van der Waals surface area contributed by atoms with Crippen LogP contribution in [-0.4, -0.2) is 43.0 Å². The van der Waals surface area contributed by atoms with Gasteiger partial charge in [0.25, 0.3) is 0 Å². The van der Waals surface area contributed by atoms with Crippen molar-refractivity contribution in [1.82, 2.24) is 10.2 Å². The van der Waals surface area contributed by atoms with E-state index >= 15 is 0 Å². The maximum Gasteiger partial charge on any atom is 0.250 e. The van der Waals surface area contributed by atoms with E-state index in [1.165, 1.54) is 0 Å². The van der Waals surface area contributed by atoms with Crippen LogP contribution in [0.1, 0.15) is 31.4 Å². The molecule has 0 radical (unpaired) electrons. The fourth-order valence-electron chi connectivity index (χ4n) is 2.62. The first-order valence-corrected chi connectivity index (χ1v) is 7.27. The van der Waals surface area contributed by atoms with Crippen LogP contribution in [0.5, 0.6) is 0 Å². The summed E-state index contributed by atoms with van der Waals surface area (Å²) in [6.45, 7) is 3.12. The van der Waals surface area contributed by atoms with E-state index in [1.807, 2.05) is 37.3 Å². The van der Waals surface area contributed by atoms with Crippen LogP contribution in [0, 0.1) is 0 Å². The molecule has 2 unspecified atom stereocenters. The molecule has 1 aliphatic rings. The van der Waals surface area contributed by atoms with Gasteiger partial charge in [0.2, 0.25) is 11.8 Å². The largest absolute Gasteiger partial charge is 0.385 e. The van der Waals surface area contributed by atoms with Crippen molar-refractivity contribution < 1.29 is 14.3 Å². The van der Waals surface area contributed by atoms with E-state index in [0.29, 0.717) is 19.6 Å². The molecule has 1 heterocycles. The monoisotopic (exact) mass is 290 g/mol. The van der Waals surface area contributed by atoms with Gasteiger partial charge in [-0.15, -0.1) is 0 Å². The molecule has 1 fully saturated rings. The molecule has 1 aromatic rings. The van der Waals surface area contributed by atoms with Crippen molar-refractivity contribution in [3.8, 4) is 0 Å². The highest BCUT2D eigenvalue weighted by molar-refractivity contribution is 5.91. The fourth-order valence-corrected chi connectivity index (χ4v) is 2.62. The first-order valence-electron chi connectivity index (χ1n) is 7.27. The number of ether oxygens (including phenoxy) is 1. The van der Waals surface area contributed by atoms with Gasteiger partial charge in [0.1, 0.15) is 6.04 Å². The predicted octanol–water partition coefficient (Wildman–Crippen LogP) is 1.50. The molecule has 1 N–H and O–H groups in total. The maximum absolute atomic E-state index is 12.8. The fraction of sp³-hybridized carbons (Fsp3) is 0.500. The van der Waals surface area contributed by atoms with Crippen molar-refractivity contribution in [1.29, 1.82) is 0 Å². The number of rotatable bonds is 5. The number of nitrogens with zero attached hydrogens (tertiary/aromatic N) is 1. The maximum atomic E-state index is 12.8. The Labute approximate surface area is 125 Å². The van der Waals surface area contributed by atoms with E-state index in [9.17, 15) is 9.59 Å². The van der Waals surface area contributed by atoms with Gasteiger partial charge in [-0.2, -0.15) is 0 Å². The third-order valence-corrected chi connectivity index (χ3v) is 3.73. The van der Waals surface area contributed by atoms with E-state index in [4.69, 9.17) is 4.74 Å². The lowest BCUT2D eigenvalue weighted by atomic mass is 10.1. The Bertz CT molecular complexity index is 490. The summed E-state index contributed by atoms with van der Waals surface area (Å²) in [5, 5.41) is 2.83. The average molecular weight is 290 g/mol. The van der Waals surface area contributed by atoms with E-state index in [-0.39, 0.29) is 17.9 Å². The van der Waals surface area contributed by atoms with Crippen molar-refractivity contribution >= 4 is 11.8 Å². The molecule has 2 amide bonds. The van der Waals surface area contributed by atoms with Crippen molar-refractivity contribution in [2.24, 2.45) is 0 Å². The molecule has 0 bridgehead atoms. The highest BCUT2D eigenvalue weighted by atomic mass is 16.5. The molecular formula is C16H22N2O3. The molecule has 1 aliphatic heterocycles. The minimum Gasteiger partial charge on any atom is -0.385 e. The van der Waals surface area contributed by atoms with Gasteiger partial charge in [0.05, 0.1) is 0 Å². The van der Waals surface area contributed by atoms with Crippen LogP contribution in [0.3, 0.4) is 0 Å². The highest BCUT2D eigenvalue weighted by Crippen LogP contribution is 2.22. The number of methoxy groups -OCH3 is 1. The predicted molar refractivity (Wildman–Crippen MR) is 79.6 cm³/mol. The van der Waals surface area contributed by atoms with Crippen molar-refractivity contribution in [2.45, 2.75) is 31.8 Å². The molecule has 21 heavy (non-hydrogen) atoms. The normalized spacial score (nSPS) is 22.9. The molecule has 0 saturated carbocycles. The first-order chi connectivity index (χ1) is 10.1. The number of nitrogens with one attached hydrogen (secondary N) is 1. The van der Waals surface area contributed by atoms with Crippen LogP contribution < -0.4 is 5.32 Å². The standard InChI is InChI=1S/C16H22N2O3/c1-12-11-14(19)17-15(13-7-4-3-5-8-13)16(20)18(12)9-6-10-21-2/h3-5,7-8,12,15H,6,9-11H2,1-2H3,(H,17,19). The number of carbonyl (C=O) groups is 2. The lowest BCUT2D eigenvalue weighted by Gasteiger charge is -2.28. The lowest BCUT2D eigenvalue weighted by molar-refractivity contribution is -0.135. The number of hydrogen-bond acceptors (Lipinski definition) is 3. The van der Waals surface area contributed by atoms with Gasteiger partial charge >= 0.3 is 0 Å². The average Bonchev–Trinajstić information content (AvgIpc) is 2.59. The SMILES string of the molecule is COCCCN1C(=O)C(c2ccccc2)NC(=O)CC1C. The minimum atomic E-state index is -0.591. The summed E-state index contributed by atoms with van der Waals surface area (Å²) in [6, 6.07) is 8.69. The Morgan fingerprint density at radius 1 is 1.29 bits per heavy atom. The summed E-state index contributed by atoms with van der Waals surface area (Å²) in [7, 11) is 1.64. The van der Waals surface area contributed by atoms with Gasteiger partial charge < -0.3 is 15.0 Å². The summed E-state index contributed by atoms with van der Waals surface area (Å²) in [5.74, 6) is -0.130. The molecular weight excluding hydrogens is 268 g/mol. The molecule has 0 aromatic heterocycles. The third kappa shape index (κ3) is 3.82. The second-order valence-corrected chi connectivity index (χ2v) is 5.34. The molecule has 5 heteroatoms. The molecule has 0 spiro atoms. The summed E-state index contributed by atoms with van der Waals surface area (Å²) < 4.78 is 5.05. The number of benzene rings is 1. The topological polar surface area (TPSA) is 58.6 Å². The van der Waals surface area contributed by atoms with E-state index in [0.717, 1.165) is 12.0 Å². The zero-order chi connectivity index (χ0) is 15.2. The summed E-state index contributed by atoms with van der Waals surface area (Å²) in [5.41, 5.74) is 0.821. The Morgan fingerprint density at radius 2 is 2.00 bits per heavy atom. The molecule has 2 rings (SSSR count). The second kappa shape index (κ2) is 7.22. The van der Waals surface area contributed by atoms with Crippen molar-refractivity contribution in [3.05, 3.63) is 35.9 Å². The Morgan fingerprint density at radius 3 is 2.67 bits per heavy atom. The highest BCUT2D eigenvalue weighted by Gasteiger charge is 2.34. The smallest absolute Gasteiger partial charge is 0.250 e. The summed E-state index contributed by atoms with van der Waals surface area (Å²) in [6.07, 6.45) is 1.10. The quantitative estimate of drug-likeness (QED) is 0.836. The van der Waals surface area contributed by atoms with Crippen molar-refractivity contribution in [3.63, 3.8) is 0 Å². The summed E-state index contributed by atoms with van der Waals surface area (Å²) >= 11 is 0. The number of amides is 2.